The Bertz CT molecular complexity index is 1970. The molecular weight excluding hydrogens is 660 g/mol. The normalized spacial score (nSPS) is 23.1. The number of piperidine rings is 1. The molecule has 4 aromatic rings. The van der Waals surface area contributed by atoms with Gasteiger partial charge in [0.2, 0.25) is 5.91 Å². The predicted molar refractivity (Wildman–Crippen MR) is 192 cm³/mol. The van der Waals surface area contributed by atoms with E-state index in [9.17, 15) is 14.4 Å². The number of carbonyl (C=O) groups excluding carboxylic acids is 1. The summed E-state index contributed by atoms with van der Waals surface area (Å²) in [6, 6.07) is 13.3. The van der Waals surface area contributed by atoms with Crippen LogP contribution in [0.2, 0.25) is 5.02 Å². The molecule has 9 nitrogen and oxygen atoms in total. The molecule has 1 unspecified atom stereocenters. The van der Waals surface area contributed by atoms with Gasteiger partial charge in [-0.2, -0.15) is 15.2 Å². The number of piperazine rings is 1. The summed E-state index contributed by atoms with van der Waals surface area (Å²) in [4.78, 5) is 33.2. The van der Waals surface area contributed by atoms with E-state index in [2.05, 4.69) is 41.8 Å². The number of pyridine rings is 1. The number of allylic oxidation sites excluding steroid dienone is 1. The van der Waals surface area contributed by atoms with Crippen molar-refractivity contribution >= 4 is 45.0 Å². The number of nitriles is 1. The van der Waals surface area contributed by atoms with E-state index in [1.807, 2.05) is 36.1 Å². The van der Waals surface area contributed by atoms with Crippen LogP contribution in [0.4, 0.5) is 14.6 Å². The second-order valence-electron chi connectivity index (χ2n) is 13.6. The van der Waals surface area contributed by atoms with Crippen molar-refractivity contribution in [3.8, 4) is 23.3 Å². The molecule has 0 radical (unpaired) electrons. The first-order valence-corrected chi connectivity index (χ1v) is 17.5. The number of fused-ring (bicyclic) bond motifs is 2. The van der Waals surface area contributed by atoms with Crippen molar-refractivity contribution in [1.82, 2.24) is 24.8 Å². The van der Waals surface area contributed by atoms with Gasteiger partial charge in [0.1, 0.15) is 30.3 Å². The first kappa shape index (κ1) is 35.4. The Kier molecular flexibility index (Phi) is 10.2. The van der Waals surface area contributed by atoms with Gasteiger partial charge in [-0.05, 0) is 63.2 Å². The number of anilines is 1. The molecular formula is C38H42ClF2N7O2. The Morgan fingerprint density at radius 3 is 2.70 bits per heavy atom. The van der Waals surface area contributed by atoms with Gasteiger partial charge >= 0.3 is 6.01 Å². The number of benzene rings is 2. The zero-order valence-electron chi connectivity index (χ0n) is 28.9. The fourth-order valence-electron chi connectivity index (χ4n) is 7.51. The molecule has 0 bridgehead atoms. The summed E-state index contributed by atoms with van der Waals surface area (Å²) >= 11 is 6.63. The molecule has 2 aromatic carbocycles. The van der Waals surface area contributed by atoms with Crippen molar-refractivity contribution in [2.45, 2.75) is 57.5 Å². The molecule has 0 saturated carbocycles. The van der Waals surface area contributed by atoms with Crippen LogP contribution in [-0.2, 0) is 4.79 Å². The number of halogens is 3. The SMILES string of the molecule is CC[C@@]1(CC#N)CN(c2nc(OC[C@]3(C)C(C)CCCN3C)nc3c(F)c(-c4cccc5cccc(Cl)c45)ncc23)CCN1C(=O)/C=C/CF. The van der Waals surface area contributed by atoms with E-state index in [1.54, 1.807) is 23.2 Å². The second-order valence-corrected chi connectivity index (χ2v) is 14.1. The minimum atomic E-state index is -0.900. The lowest BCUT2D eigenvalue weighted by Gasteiger charge is -2.50. The summed E-state index contributed by atoms with van der Waals surface area (Å²) in [6.07, 6.45) is 6.62. The minimum Gasteiger partial charge on any atom is -0.461 e. The quantitative estimate of drug-likeness (QED) is 0.167. The molecule has 2 fully saturated rings. The Balaban J connectivity index is 1.48. The number of hydrogen-bond donors (Lipinski definition) is 0. The van der Waals surface area contributed by atoms with Crippen molar-refractivity contribution in [1.29, 1.82) is 5.26 Å². The van der Waals surface area contributed by atoms with Crippen LogP contribution < -0.4 is 9.64 Å². The highest BCUT2D eigenvalue weighted by atomic mass is 35.5. The highest BCUT2D eigenvalue weighted by molar-refractivity contribution is 6.36. The van der Waals surface area contributed by atoms with Crippen molar-refractivity contribution < 1.29 is 18.3 Å². The van der Waals surface area contributed by atoms with E-state index >= 15 is 4.39 Å². The van der Waals surface area contributed by atoms with Gasteiger partial charge in [-0.15, -0.1) is 0 Å². The second kappa shape index (κ2) is 14.4. The standard InChI is InChI=1S/C38H42ClF2N7O2/c1-5-38(16-18-42)23-47(20-21-48(38)30(49)15-8-17-40)35-28-22-43-33(27-13-6-11-26-12-7-14-29(39)31(26)27)32(41)34(28)44-36(45-35)50-24-37(3)25(2)10-9-19-46(37)4/h6-8,11-15,22,25H,5,9-10,16-17,19-21,23-24H2,1-4H3/b15-8+/t25?,37-,38-/m1/s1. The molecule has 2 saturated heterocycles. The van der Waals surface area contributed by atoms with Gasteiger partial charge in [0.05, 0.1) is 29.0 Å². The fraction of sp³-hybridized carbons (Fsp3) is 0.447. The first-order valence-electron chi connectivity index (χ1n) is 17.1. The van der Waals surface area contributed by atoms with E-state index < -0.39 is 18.0 Å². The predicted octanol–water partition coefficient (Wildman–Crippen LogP) is 7.37. The Hall–Kier alpha value is -4.40. The number of likely N-dealkylation sites (N-methyl/N-ethyl adjacent to an activating group) is 1. The maximum Gasteiger partial charge on any atom is 0.319 e. The summed E-state index contributed by atoms with van der Waals surface area (Å²) in [5.41, 5.74) is -0.514. The molecule has 3 atom stereocenters. The third-order valence-electron chi connectivity index (χ3n) is 10.9. The first-order chi connectivity index (χ1) is 24.1. The molecule has 2 aliphatic heterocycles. The number of ether oxygens (including phenoxy) is 1. The van der Waals surface area contributed by atoms with Gasteiger partial charge in [0, 0.05) is 47.9 Å². The van der Waals surface area contributed by atoms with E-state index in [-0.39, 0.29) is 48.2 Å². The van der Waals surface area contributed by atoms with Crippen molar-refractivity contribution in [3.05, 3.63) is 65.6 Å². The molecule has 2 aliphatic rings. The number of alkyl halides is 1. The molecule has 6 rings (SSSR count). The highest BCUT2D eigenvalue weighted by Gasteiger charge is 2.44. The molecule has 262 valence electrons. The largest absolute Gasteiger partial charge is 0.461 e. The summed E-state index contributed by atoms with van der Waals surface area (Å²) < 4.78 is 36.3. The van der Waals surface area contributed by atoms with Crippen LogP contribution >= 0.6 is 11.6 Å². The lowest BCUT2D eigenvalue weighted by molar-refractivity contribution is -0.133. The monoisotopic (exact) mass is 701 g/mol. The molecule has 0 N–H and O–H groups in total. The lowest BCUT2D eigenvalue weighted by Crippen LogP contribution is -2.63. The summed E-state index contributed by atoms with van der Waals surface area (Å²) in [5, 5.41) is 12.3. The van der Waals surface area contributed by atoms with Crippen LogP contribution in [0, 0.1) is 23.1 Å². The molecule has 1 amide bonds. The van der Waals surface area contributed by atoms with Crippen LogP contribution in [0.1, 0.15) is 46.5 Å². The molecule has 2 aromatic heterocycles. The number of hydrogen-bond acceptors (Lipinski definition) is 8. The average molecular weight is 702 g/mol. The van der Waals surface area contributed by atoms with Gasteiger partial charge in [-0.25, -0.2) is 8.78 Å². The lowest BCUT2D eigenvalue weighted by atomic mass is 9.80. The summed E-state index contributed by atoms with van der Waals surface area (Å²) in [5.74, 6) is -0.253. The van der Waals surface area contributed by atoms with Crippen LogP contribution in [0.3, 0.4) is 0 Å². The highest BCUT2D eigenvalue weighted by Crippen LogP contribution is 2.40. The molecule has 12 heteroatoms. The minimum absolute atomic E-state index is 0.0265. The van der Waals surface area contributed by atoms with E-state index in [4.69, 9.17) is 21.3 Å². The smallest absolute Gasteiger partial charge is 0.319 e. The van der Waals surface area contributed by atoms with Gasteiger partial charge in [-0.1, -0.05) is 55.8 Å². The summed E-state index contributed by atoms with van der Waals surface area (Å²) in [7, 11) is 2.09. The molecule has 4 heterocycles. The third kappa shape index (κ3) is 6.35. The fourth-order valence-corrected chi connectivity index (χ4v) is 7.80. The number of amides is 1. The summed E-state index contributed by atoms with van der Waals surface area (Å²) in [6.45, 7) is 7.56. The number of rotatable bonds is 9. The van der Waals surface area contributed by atoms with E-state index in [1.165, 1.54) is 12.2 Å². The van der Waals surface area contributed by atoms with Gasteiger partial charge < -0.3 is 14.5 Å². The zero-order chi connectivity index (χ0) is 35.6. The number of carbonyl (C=O) groups is 1. The molecule has 0 aliphatic carbocycles. The Labute approximate surface area is 296 Å². The van der Waals surface area contributed by atoms with E-state index in [0.29, 0.717) is 52.7 Å². The van der Waals surface area contributed by atoms with Crippen molar-refractivity contribution in [2.24, 2.45) is 5.92 Å². The zero-order valence-corrected chi connectivity index (χ0v) is 29.7. The maximum atomic E-state index is 16.9. The van der Waals surface area contributed by atoms with Gasteiger partial charge in [0.25, 0.3) is 0 Å². The number of nitrogens with zero attached hydrogens (tertiary/aromatic N) is 7. The van der Waals surface area contributed by atoms with Crippen LogP contribution in [0.5, 0.6) is 6.01 Å². The molecule has 50 heavy (non-hydrogen) atoms. The van der Waals surface area contributed by atoms with Crippen LogP contribution in [-0.4, -0.2) is 88.2 Å². The number of likely N-dealkylation sites (tertiary alicyclic amines) is 1. The maximum absolute atomic E-state index is 16.9. The van der Waals surface area contributed by atoms with Gasteiger partial charge in [-0.3, -0.25) is 14.7 Å². The topological polar surface area (TPSA) is 98.5 Å². The van der Waals surface area contributed by atoms with E-state index in [0.717, 1.165) is 24.8 Å². The Morgan fingerprint density at radius 2 is 1.98 bits per heavy atom. The van der Waals surface area contributed by atoms with Crippen LogP contribution in [0.15, 0.2) is 54.7 Å². The molecule has 0 spiro atoms. The van der Waals surface area contributed by atoms with Crippen molar-refractivity contribution in [2.75, 3.05) is 51.4 Å². The Morgan fingerprint density at radius 1 is 1.20 bits per heavy atom. The van der Waals surface area contributed by atoms with Crippen LogP contribution in [0.25, 0.3) is 32.9 Å². The van der Waals surface area contributed by atoms with Crippen molar-refractivity contribution in [3.63, 3.8) is 0 Å². The average Bonchev–Trinajstić information content (AvgIpc) is 3.12. The third-order valence-corrected chi connectivity index (χ3v) is 11.3. The number of aromatic nitrogens is 3. The van der Waals surface area contributed by atoms with Gasteiger partial charge in [0.15, 0.2) is 5.82 Å².